The SMILES string of the molecule is [2H]c1c([2H])c([2H])c(-c2c3ccccc3c(-c3c([2H])c([2H])c([2H])c([2H])c3[2H])c3cc(-c4ccc(-c5nc(-c6ccccc6)c(-c6ccccc6)n5-c5ccccc5)cc4)ccc23)c([2H])c1[2H]. The number of nitrogens with zero attached hydrogens (tertiary/aromatic N) is 2. The van der Waals surface area contributed by atoms with Gasteiger partial charge in [-0.05, 0) is 73.1 Å². The Morgan fingerprint density at radius 3 is 1.44 bits per heavy atom. The van der Waals surface area contributed by atoms with Gasteiger partial charge in [-0.15, -0.1) is 0 Å². The summed E-state index contributed by atoms with van der Waals surface area (Å²) in [7, 11) is 0. The predicted molar refractivity (Wildman–Crippen MR) is 231 cm³/mol. The summed E-state index contributed by atoms with van der Waals surface area (Å²) < 4.78 is 89.5. The van der Waals surface area contributed by atoms with Crippen molar-refractivity contribution in [2.24, 2.45) is 0 Å². The van der Waals surface area contributed by atoms with Crippen LogP contribution in [0.1, 0.15) is 13.7 Å². The zero-order chi connectivity index (χ0) is 45.3. The largest absolute Gasteiger partial charge is 0.292 e. The maximum Gasteiger partial charge on any atom is 0.145 e. The minimum atomic E-state index is -0.520. The van der Waals surface area contributed by atoms with Crippen LogP contribution in [0.25, 0.3) is 94.5 Å². The molecule has 1 heterocycles. The fraction of sp³-hybridized carbons (Fsp3) is 0. The summed E-state index contributed by atoms with van der Waals surface area (Å²) in [6.45, 7) is 0. The van der Waals surface area contributed by atoms with E-state index < -0.39 is 36.3 Å². The molecule has 0 spiro atoms. The Hall–Kier alpha value is -7.29. The van der Waals surface area contributed by atoms with Crippen LogP contribution in [-0.2, 0) is 0 Å². The van der Waals surface area contributed by atoms with Gasteiger partial charge in [0.15, 0.2) is 0 Å². The minimum Gasteiger partial charge on any atom is -0.292 e. The predicted octanol–water partition coefficient (Wildman–Crippen LogP) is 14.2. The number of hydrogen-bond acceptors (Lipinski definition) is 1. The van der Waals surface area contributed by atoms with Crippen molar-refractivity contribution in [3.8, 4) is 73.0 Å². The first kappa shape index (κ1) is 23.4. The highest BCUT2D eigenvalue weighted by atomic mass is 15.1. The van der Waals surface area contributed by atoms with Gasteiger partial charge in [-0.1, -0.05) is 200 Å². The van der Waals surface area contributed by atoms with Gasteiger partial charge in [0, 0.05) is 22.4 Å². The first-order chi connectivity index (χ1) is 31.5. The lowest BCUT2D eigenvalue weighted by atomic mass is 9.85. The molecule has 10 aromatic rings. The number of aromatic nitrogens is 2. The van der Waals surface area contributed by atoms with Crippen LogP contribution in [0.4, 0.5) is 0 Å². The monoisotopic (exact) mass is 710 g/mol. The minimum absolute atomic E-state index is 0.000533. The third-order valence-corrected chi connectivity index (χ3v) is 9.99. The van der Waals surface area contributed by atoms with Crippen LogP contribution in [0, 0.1) is 0 Å². The van der Waals surface area contributed by atoms with Crippen molar-refractivity contribution in [1.29, 1.82) is 0 Å². The third-order valence-electron chi connectivity index (χ3n) is 9.99. The molecule has 0 unspecified atom stereocenters. The molecule has 2 heteroatoms. The van der Waals surface area contributed by atoms with Crippen molar-refractivity contribution in [3.05, 3.63) is 218 Å². The number of benzene rings is 9. The fourth-order valence-corrected chi connectivity index (χ4v) is 7.56. The average molecular weight is 711 g/mol. The van der Waals surface area contributed by atoms with Gasteiger partial charge in [-0.3, -0.25) is 4.57 Å². The lowest BCUT2D eigenvalue weighted by molar-refractivity contribution is 1.07. The Morgan fingerprint density at radius 1 is 0.364 bits per heavy atom. The number of rotatable bonds is 7. The quantitative estimate of drug-likeness (QED) is 0.151. The van der Waals surface area contributed by atoms with Crippen molar-refractivity contribution in [3.63, 3.8) is 0 Å². The standard InChI is InChI=1S/C53H36N2/c1-6-18-38(19-7-1)49-45-28-16-17-29-46(45)50(39-20-8-2-9-21-39)48-36-43(34-35-47(48)49)37-30-32-42(33-31-37)53-54-51(40-22-10-3-11-23-40)52(41-24-12-4-13-25-41)55(53)44-26-14-5-15-27-44/h1-36H/i1D,2D,6D,7D,8D,9D,18D,19D,20D,21D. The molecule has 9 aromatic carbocycles. The van der Waals surface area contributed by atoms with Crippen LogP contribution in [0.5, 0.6) is 0 Å². The summed E-state index contributed by atoms with van der Waals surface area (Å²) in [5, 5.41) is 1.95. The van der Waals surface area contributed by atoms with E-state index in [1.54, 1.807) is 24.3 Å². The maximum atomic E-state index is 9.11. The second-order valence-corrected chi connectivity index (χ2v) is 13.2. The highest BCUT2D eigenvalue weighted by molar-refractivity contribution is 6.22. The highest BCUT2D eigenvalue weighted by Gasteiger charge is 2.23. The Morgan fingerprint density at radius 2 is 0.836 bits per heavy atom. The second-order valence-electron chi connectivity index (χ2n) is 13.2. The molecule has 0 amide bonds. The molecule has 0 aliphatic carbocycles. The molecule has 258 valence electrons. The first-order valence-corrected chi connectivity index (χ1v) is 18.0. The van der Waals surface area contributed by atoms with Crippen LogP contribution >= 0.6 is 0 Å². The summed E-state index contributed by atoms with van der Waals surface area (Å²) in [6, 6.07) is 46.6. The van der Waals surface area contributed by atoms with Gasteiger partial charge >= 0.3 is 0 Å². The molecular weight excluding hydrogens is 665 g/mol. The van der Waals surface area contributed by atoms with Gasteiger partial charge < -0.3 is 0 Å². The summed E-state index contributed by atoms with van der Waals surface area (Å²) >= 11 is 0. The molecule has 0 saturated carbocycles. The molecule has 0 N–H and O–H groups in total. The van der Waals surface area contributed by atoms with E-state index in [0.717, 1.165) is 50.7 Å². The van der Waals surface area contributed by atoms with Gasteiger partial charge in [0.25, 0.3) is 0 Å². The number of fused-ring (bicyclic) bond motifs is 2. The van der Waals surface area contributed by atoms with E-state index in [-0.39, 0.29) is 35.3 Å². The molecule has 0 fully saturated rings. The van der Waals surface area contributed by atoms with Gasteiger partial charge in [0.05, 0.1) is 25.1 Å². The molecule has 55 heavy (non-hydrogen) atoms. The number of hydrogen-bond donors (Lipinski definition) is 0. The van der Waals surface area contributed by atoms with E-state index in [4.69, 9.17) is 18.7 Å². The zero-order valence-corrected chi connectivity index (χ0v) is 29.4. The topological polar surface area (TPSA) is 17.8 Å². The molecule has 0 bridgehead atoms. The molecule has 0 saturated heterocycles. The summed E-state index contributed by atoms with van der Waals surface area (Å²) in [5.41, 5.74) is 7.84. The lowest BCUT2D eigenvalue weighted by Crippen LogP contribution is -2.00. The molecule has 2 nitrogen and oxygen atoms in total. The maximum absolute atomic E-state index is 9.11. The van der Waals surface area contributed by atoms with Crippen LogP contribution in [0.15, 0.2) is 218 Å². The number of para-hydroxylation sites is 1. The molecule has 0 atom stereocenters. The van der Waals surface area contributed by atoms with Crippen molar-refractivity contribution in [2.75, 3.05) is 0 Å². The Labute approximate surface area is 335 Å². The van der Waals surface area contributed by atoms with Crippen molar-refractivity contribution in [2.45, 2.75) is 0 Å². The second kappa shape index (κ2) is 13.9. The van der Waals surface area contributed by atoms with E-state index in [9.17, 15) is 0 Å². The van der Waals surface area contributed by atoms with Gasteiger partial charge in [-0.25, -0.2) is 4.98 Å². The van der Waals surface area contributed by atoms with Crippen molar-refractivity contribution >= 4 is 21.5 Å². The Bertz CT molecular complexity index is 3460. The number of imidazole rings is 1. The summed E-state index contributed by atoms with van der Waals surface area (Å²) in [6.07, 6.45) is 0. The van der Waals surface area contributed by atoms with Crippen LogP contribution in [0.3, 0.4) is 0 Å². The molecule has 1 aromatic heterocycles. The Balaban J connectivity index is 1.23. The van der Waals surface area contributed by atoms with E-state index in [1.807, 2.05) is 97.1 Å². The molecule has 0 radical (unpaired) electrons. The third kappa shape index (κ3) is 5.82. The Kier molecular flexibility index (Phi) is 5.92. The van der Waals surface area contributed by atoms with Crippen molar-refractivity contribution in [1.82, 2.24) is 9.55 Å². The normalized spacial score (nSPS) is 13.8. The van der Waals surface area contributed by atoms with E-state index in [0.29, 0.717) is 32.7 Å². The van der Waals surface area contributed by atoms with Crippen LogP contribution in [0.2, 0.25) is 0 Å². The molecule has 0 aliphatic rings. The zero-order valence-electron chi connectivity index (χ0n) is 39.4. The van der Waals surface area contributed by atoms with E-state index in [2.05, 4.69) is 41.0 Å². The van der Waals surface area contributed by atoms with Crippen LogP contribution in [-0.4, -0.2) is 9.55 Å². The van der Waals surface area contributed by atoms with E-state index in [1.165, 1.54) is 0 Å². The molecule has 10 rings (SSSR count). The first-order valence-electron chi connectivity index (χ1n) is 23.0. The van der Waals surface area contributed by atoms with Gasteiger partial charge in [0.2, 0.25) is 0 Å². The lowest BCUT2D eigenvalue weighted by Gasteiger charge is -2.18. The fourth-order valence-electron chi connectivity index (χ4n) is 7.56. The van der Waals surface area contributed by atoms with Crippen LogP contribution < -0.4 is 0 Å². The molecular formula is C53H36N2. The van der Waals surface area contributed by atoms with Gasteiger partial charge in [-0.2, -0.15) is 0 Å². The van der Waals surface area contributed by atoms with E-state index >= 15 is 0 Å². The highest BCUT2D eigenvalue weighted by Crippen LogP contribution is 2.45. The summed E-state index contributed by atoms with van der Waals surface area (Å²) in [4.78, 5) is 5.34. The summed E-state index contributed by atoms with van der Waals surface area (Å²) in [5.74, 6) is 0.733. The average Bonchev–Trinajstić information content (AvgIpc) is 3.76. The molecule has 0 aliphatic heterocycles. The smallest absolute Gasteiger partial charge is 0.145 e. The van der Waals surface area contributed by atoms with Gasteiger partial charge in [0.1, 0.15) is 5.82 Å². The van der Waals surface area contributed by atoms with Crippen molar-refractivity contribution < 1.29 is 13.7 Å².